The molecule has 1 aromatic rings. The van der Waals surface area contributed by atoms with Gasteiger partial charge in [0.2, 0.25) is 0 Å². The highest BCUT2D eigenvalue weighted by Crippen LogP contribution is 2.18. The van der Waals surface area contributed by atoms with Gasteiger partial charge in [0.05, 0.1) is 6.61 Å². The molecule has 3 nitrogen and oxygen atoms in total. The van der Waals surface area contributed by atoms with E-state index in [1.807, 2.05) is 0 Å². The third-order valence-corrected chi connectivity index (χ3v) is 4.01. The maximum Gasteiger partial charge on any atom is 0.0615 e. The summed E-state index contributed by atoms with van der Waals surface area (Å²) in [6.45, 7) is 11.4. The second-order valence-corrected chi connectivity index (χ2v) is 5.70. The van der Waals surface area contributed by atoms with Crippen molar-refractivity contribution in [2.24, 2.45) is 0 Å². The fourth-order valence-corrected chi connectivity index (χ4v) is 2.35. The predicted octanol–water partition coefficient (Wildman–Crippen LogP) is 2.92. The van der Waals surface area contributed by atoms with E-state index in [-0.39, 0.29) is 0 Å². The smallest absolute Gasteiger partial charge is 0.0615 e. The molecule has 0 saturated heterocycles. The largest absolute Gasteiger partial charge is 0.383 e. The van der Waals surface area contributed by atoms with Crippen LogP contribution in [0.25, 0.3) is 0 Å². The van der Waals surface area contributed by atoms with E-state index in [1.165, 1.54) is 16.7 Å². The topological polar surface area (TPSA) is 24.5 Å². The van der Waals surface area contributed by atoms with Crippen LogP contribution in [-0.2, 0) is 4.74 Å². The molecule has 0 amide bonds. The first kappa shape index (κ1) is 17.2. The van der Waals surface area contributed by atoms with Crippen LogP contribution in [0, 0.1) is 13.8 Å². The highest BCUT2D eigenvalue weighted by molar-refractivity contribution is 5.31. The SMILES string of the molecule is CCNC(CN(C)C(C)COC)c1ccc(C)c(C)c1. The van der Waals surface area contributed by atoms with Crippen molar-refractivity contribution in [3.63, 3.8) is 0 Å². The van der Waals surface area contributed by atoms with Crippen molar-refractivity contribution in [3.05, 3.63) is 34.9 Å². The normalized spacial score (nSPS) is 14.6. The molecule has 3 heteroatoms. The van der Waals surface area contributed by atoms with Gasteiger partial charge in [0, 0.05) is 25.7 Å². The number of aryl methyl sites for hydroxylation is 2. The van der Waals surface area contributed by atoms with E-state index in [1.54, 1.807) is 7.11 Å². The Morgan fingerprint density at radius 2 is 1.95 bits per heavy atom. The lowest BCUT2D eigenvalue weighted by atomic mass is 10.0. The Morgan fingerprint density at radius 1 is 1.25 bits per heavy atom. The minimum absolute atomic E-state index is 0.364. The number of nitrogens with zero attached hydrogens (tertiary/aromatic N) is 1. The second-order valence-electron chi connectivity index (χ2n) is 5.70. The number of likely N-dealkylation sites (N-methyl/N-ethyl adjacent to an activating group) is 2. The van der Waals surface area contributed by atoms with Gasteiger partial charge in [-0.2, -0.15) is 0 Å². The summed E-state index contributed by atoms with van der Waals surface area (Å²) in [5.74, 6) is 0. The first-order valence-electron chi connectivity index (χ1n) is 7.49. The maximum absolute atomic E-state index is 5.24. The molecule has 20 heavy (non-hydrogen) atoms. The average molecular weight is 278 g/mol. The first-order valence-corrected chi connectivity index (χ1v) is 7.49. The third-order valence-electron chi connectivity index (χ3n) is 4.01. The van der Waals surface area contributed by atoms with E-state index in [0.29, 0.717) is 12.1 Å². The lowest BCUT2D eigenvalue weighted by molar-refractivity contribution is 0.109. The Balaban J connectivity index is 2.80. The van der Waals surface area contributed by atoms with Crippen LogP contribution in [0.15, 0.2) is 18.2 Å². The number of hydrogen-bond donors (Lipinski definition) is 1. The van der Waals surface area contributed by atoms with Crippen LogP contribution >= 0.6 is 0 Å². The van der Waals surface area contributed by atoms with Crippen LogP contribution in [0.1, 0.15) is 36.6 Å². The van der Waals surface area contributed by atoms with Crippen molar-refractivity contribution < 1.29 is 4.74 Å². The zero-order valence-corrected chi connectivity index (χ0v) is 13.9. The monoisotopic (exact) mass is 278 g/mol. The standard InChI is InChI=1S/C17H30N2O/c1-7-18-17(11-19(5)15(4)12-20-6)16-9-8-13(2)14(3)10-16/h8-10,15,17-18H,7,11-12H2,1-6H3. The predicted molar refractivity (Wildman–Crippen MR) is 86.3 cm³/mol. The molecular formula is C17H30N2O. The molecule has 0 fully saturated rings. The summed E-state index contributed by atoms with van der Waals surface area (Å²) in [5.41, 5.74) is 4.08. The summed E-state index contributed by atoms with van der Waals surface area (Å²) in [5, 5.41) is 3.59. The van der Waals surface area contributed by atoms with Crippen molar-refractivity contribution in [1.29, 1.82) is 0 Å². The molecule has 0 radical (unpaired) electrons. The van der Waals surface area contributed by atoms with Crippen molar-refractivity contribution in [3.8, 4) is 0 Å². The van der Waals surface area contributed by atoms with Crippen molar-refractivity contribution in [2.75, 3.05) is 33.9 Å². The number of methoxy groups -OCH3 is 1. The molecule has 2 unspecified atom stereocenters. The average Bonchev–Trinajstić information content (AvgIpc) is 2.41. The summed E-state index contributed by atoms with van der Waals surface area (Å²) in [6.07, 6.45) is 0. The molecule has 0 spiro atoms. The van der Waals surface area contributed by atoms with Crippen LogP contribution in [0.2, 0.25) is 0 Å². The van der Waals surface area contributed by atoms with E-state index in [0.717, 1.165) is 19.7 Å². The molecular weight excluding hydrogens is 248 g/mol. The van der Waals surface area contributed by atoms with Crippen LogP contribution in [0.4, 0.5) is 0 Å². The van der Waals surface area contributed by atoms with E-state index in [4.69, 9.17) is 4.74 Å². The molecule has 0 aliphatic rings. The molecule has 2 atom stereocenters. The molecule has 0 aliphatic carbocycles. The lowest BCUT2D eigenvalue weighted by Crippen LogP contribution is -2.39. The van der Waals surface area contributed by atoms with E-state index in [9.17, 15) is 0 Å². The van der Waals surface area contributed by atoms with Crippen molar-refractivity contribution in [2.45, 2.75) is 39.8 Å². The highest BCUT2D eigenvalue weighted by atomic mass is 16.5. The second kappa shape index (κ2) is 8.40. The zero-order chi connectivity index (χ0) is 15.1. The van der Waals surface area contributed by atoms with Gasteiger partial charge in [0.25, 0.3) is 0 Å². The summed E-state index contributed by atoms with van der Waals surface area (Å²) in [6, 6.07) is 7.55. The molecule has 1 rings (SSSR count). The van der Waals surface area contributed by atoms with Crippen LogP contribution < -0.4 is 5.32 Å². The van der Waals surface area contributed by atoms with Gasteiger partial charge in [-0.3, -0.25) is 4.90 Å². The number of hydrogen-bond acceptors (Lipinski definition) is 3. The van der Waals surface area contributed by atoms with Crippen molar-refractivity contribution in [1.82, 2.24) is 10.2 Å². The number of ether oxygens (including phenoxy) is 1. The highest BCUT2D eigenvalue weighted by Gasteiger charge is 2.17. The maximum atomic E-state index is 5.24. The molecule has 1 aromatic carbocycles. The fourth-order valence-electron chi connectivity index (χ4n) is 2.35. The lowest BCUT2D eigenvalue weighted by Gasteiger charge is -2.29. The molecule has 0 aromatic heterocycles. The Bertz CT molecular complexity index is 406. The van der Waals surface area contributed by atoms with Crippen molar-refractivity contribution >= 4 is 0 Å². The minimum atomic E-state index is 0.364. The van der Waals surface area contributed by atoms with Gasteiger partial charge < -0.3 is 10.1 Å². The Hall–Kier alpha value is -0.900. The molecule has 0 heterocycles. The Kier molecular flexibility index (Phi) is 7.20. The number of benzene rings is 1. The van der Waals surface area contributed by atoms with Gasteiger partial charge in [-0.15, -0.1) is 0 Å². The summed E-state index contributed by atoms with van der Waals surface area (Å²) in [7, 11) is 3.92. The third kappa shape index (κ3) is 4.89. The molecule has 1 N–H and O–H groups in total. The summed E-state index contributed by atoms with van der Waals surface area (Å²) >= 11 is 0. The molecule has 0 saturated carbocycles. The van der Waals surface area contributed by atoms with Gasteiger partial charge in [0.15, 0.2) is 0 Å². The number of nitrogens with one attached hydrogen (secondary N) is 1. The van der Waals surface area contributed by atoms with E-state index < -0.39 is 0 Å². The fraction of sp³-hybridized carbons (Fsp3) is 0.647. The zero-order valence-electron chi connectivity index (χ0n) is 13.9. The first-order chi connectivity index (χ1) is 9.49. The van der Waals surface area contributed by atoms with Gasteiger partial charge in [0.1, 0.15) is 0 Å². The van der Waals surface area contributed by atoms with Gasteiger partial charge in [-0.25, -0.2) is 0 Å². The van der Waals surface area contributed by atoms with Crippen LogP contribution in [0.3, 0.4) is 0 Å². The van der Waals surface area contributed by atoms with Gasteiger partial charge in [-0.1, -0.05) is 25.1 Å². The minimum Gasteiger partial charge on any atom is -0.383 e. The Labute approximate surface area is 124 Å². The van der Waals surface area contributed by atoms with Crippen LogP contribution in [-0.4, -0.2) is 44.8 Å². The molecule has 114 valence electrons. The summed E-state index contributed by atoms with van der Waals surface area (Å²) in [4.78, 5) is 2.35. The number of rotatable bonds is 8. The molecule has 0 aliphatic heterocycles. The van der Waals surface area contributed by atoms with E-state index >= 15 is 0 Å². The summed E-state index contributed by atoms with van der Waals surface area (Å²) < 4.78 is 5.24. The molecule has 0 bridgehead atoms. The van der Waals surface area contributed by atoms with Crippen LogP contribution in [0.5, 0.6) is 0 Å². The quantitative estimate of drug-likeness (QED) is 0.791. The Morgan fingerprint density at radius 3 is 2.50 bits per heavy atom. The van der Waals surface area contributed by atoms with Gasteiger partial charge >= 0.3 is 0 Å². The van der Waals surface area contributed by atoms with Gasteiger partial charge in [-0.05, 0) is 51.1 Å². The van der Waals surface area contributed by atoms with E-state index in [2.05, 4.69) is 63.2 Å².